The molecule has 2 atom stereocenters. The van der Waals surface area contributed by atoms with Crippen molar-refractivity contribution < 1.29 is 4.79 Å². The number of carbonyl (C=O) groups is 1. The molecule has 1 aliphatic carbocycles. The lowest BCUT2D eigenvalue weighted by molar-refractivity contribution is -0.122. The van der Waals surface area contributed by atoms with Crippen molar-refractivity contribution in [2.24, 2.45) is 0 Å². The molecule has 1 aromatic rings. The smallest absolute Gasteiger partial charge is 0.140 e. The average molecular weight is 252 g/mol. The molecule has 0 aliphatic heterocycles. The SMILES string of the molecule is CN(C)C1CCC(=O)C(c2ccc(Cl)cc2)C1. The summed E-state index contributed by atoms with van der Waals surface area (Å²) in [6, 6.07) is 8.19. The molecular weight excluding hydrogens is 234 g/mol. The minimum Gasteiger partial charge on any atom is -0.306 e. The minimum absolute atomic E-state index is 0.0495. The Morgan fingerprint density at radius 3 is 2.47 bits per heavy atom. The molecule has 1 aliphatic rings. The lowest BCUT2D eigenvalue weighted by atomic mass is 9.80. The largest absolute Gasteiger partial charge is 0.306 e. The van der Waals surface area contributed by atoms with Gasteiger partial charge >= 0.3 is 0 Å². The van der Waals surface area contributed by atoms with Gasteiger partial charge in [-0.25, -0.2) is 0 Å². The van der Waals surface area contributed by atoms with Crippen LogP contribution in [0.1, 0.15) is 30.7 Å². The molecule has 0 spiro atoms. The molecule has 0 aromatic heterocycles. The summed E-state index contributed by atoms with van der Waals surface area (Å²) in [5.74, 6) is 0.416. The monoisotopic (exact) mass is 251 g/mol. The molecule has 1 saturated carbocycles. The van der Waals surface area contributed by atoms with Crippen LogP contribution < -0.4 is 0 Å². The third-order valence-corrected chi connectivity index (χ3v) is 3.88. The van der Waals surface area contributed by atoms with Crippen LogP contribution >= 0.6 is 11.6 Å². The number of hydrogen-bond acceptors (Lipinski definition) is 2. The molecule has 3 heteroatoms. The molecular formula is C14H18ClNO. The first-order chi connectivity index (χ1) is 8.08. The molecule has 0 saturated heterocycles. The Hall–Kier alpha value is -0.860. The quantitative estimate of drug-likeness (QED) is 0.805. The van der Waals surface area contributed by atoms with E-state index in [1.54, 1.807) is 0 Å². The van der Waals surface area contributed by atoms with Crippen LogP contribution in [-0.2, 0) is 4.79 Å². The van der Waals surface area contributed by atoms with E-state index in [0.717, 1.165) is 23.4 Å². The standard InChI is InChI=1S/C14H18ClNO/c1-16(2)12-7-8-14(17)13(9-12)10-3-5-11(15)6-4-10/h3-6,12-13H,7-9H2,1-2H3. The van der Waals surface area contributed by atoms with Crippen LogP contribution in [0.25, 0.3) is 0 Å². The Morgan fingerprint density at radius 1 is 1.24 bits per heavy atom. The molecule has 0 N–H and O–H groups in total. The summed E-state index contributed by atoms with van der Waals surface area (Å²) in [6.45, 7) is 0. The van der Waals surface area contributed by atoms with Gasteiger partial charge in [0.2, 0.25) is 0 Å². The van der Waals surface area contributed by atoms with Gasteiger partial charge in [0.05, 0.1) is 0 Å². The van der Waals surface area contributed by atoms with Gasteiger partial charge in [0.1, 0.15) is 5.78 Å². The first-order valence-corrected chi connectivity index (χ1v) is 6.40. The van der Waals surface area contributed by atoms with Crippen molar-refractivity contribution in [3.63, 3.8) is 0 Å². The van der Waals surface area contributed by atoms with Gasteiger partial charge < -0.3 is 4.90 Å². The first-order valence-electron chi connectivity index (χ1n) is 6.02. The summed E-state index contributed by atoms with van der Waals surface area (Å²) in [6.07, 6.45) is 2.60. The number of benzene rings is 1. The second-order valence-corrected chi connectivity index (χ2v) is 5.40. The molecule has 92 valence electrons. The van der Waals surface area contributed by atoms with Crippen LogP contribution in [0.3, 0.4) is 0 Å². The summed E-state index contributed by atoms with van der Waals surface area (Å²) in [7, 11) is 4.17. The summed E-state index contributed by atoms with van der Waals surface area (Å²) in [5, 5.41) is 0.723. The number of nitrogens with zero attached hydrogens (tertiary/aromatic N) is 1. The maximum Gasteiger partial charge on any atom is 0.140 e. The van der Waals surface area contributed by atoms with Gasteiger partial charge in [-0.1, -0.05) is 23.7 Å². The Kier molecular flexibility index (Phi) is 3.85. The topological polar surface area (TPSA) is 20.3 Å². The molecule has 0 heterocycles. The number of rotatable bonds is 2. The number of ketones is 1. The highest BCUT2D eigenvalue weighted by Gasteiger charge is 2.30. The fourth-order valence-corrected chi connectivity index (χ4v) is 2.62. The zero-order valence-corrected chi connectivity index (χ0v) is 11.1. The third kappa shape index (κ3) is 2.88. The summed E-state index contributed by atoms with van der Waals surface area (Å²) >= 11 is 5.87. The van der Waals surface area contributed by atoms with Crippen LogP contribution in [0, 0.1) is 0 Å². The second-order valence-electron chi connectivity index (χ2n) is 4.96. The van der Waals surface area contributed by atoms with Gasteiger partial charge in [-0.15, -0.1) is 0 Å². The number of carbonyl (C=O) groups excluding carboxylic acids is 1. The van der Waals surface area contributed by atoms with E-state index in [0.29, 0.717) is 18.2 Å². The minimum atomic E-state index is 0.0495. The van der Waals surface area contributed by atoms with Crippen LogP contribution in [0.4, 0.5) is 0 Å². The summed E-state index contributed by atoms with van der Waals surface area (Å²) < 4.78 is 0. The van der Waals surface area contributed by atoms with E-state index in [1.807, 2.05) is 24.3 Å². The van der Waals surface area contributed by atoms with Crippen LogP contribution in [-0.4, -0.2) is 30.8 Å². The van der Waals surface area contributed by atoms with E-state index in [-0.39, 0.29) is 5.92 Å². The second kappa shape index (κ2) is 5.19. The normalized spacial score (nSPS) is 25.3. The molecule has 0 amide bonds. The zero-order valence-electron chi connectivity index (χ0n) is 10.3. The highest BCUT2D eigenvalue weighted by atomic mass is 35.5. The Balaban J connectivity index is 2.18. The van der Waals surface area contributed by atoms with Gasteiger partial charge in [-0.3, -0.25) is 4.79 Å². The van der Waals surface area contributed by atoms with E-state index in [9.17, 15) is 4.79 Å². The molecule has 1 aromatic carbocycles. The lowest BCUT2D eigenvalue weighted by Gasteiger charge is -2.32. The highest BCUT2D eigenvalue weighted by molar-refractivity contribution is 6.30. The van der Waals surface area contributed by atoms with Crippen LogP contribution in [0.2, 0.25) is 5.02 Å². The van der Waals surface area contributed by atoms with Gasteiger partial charge in [-0.05, 0) is 44.6 Å². The van der Waals surface area contributed by atoms with Crippen molar-refractivity contribution in [2.45, 2.75) is 31.2 Å². The zero-order chi connectivity index (χ0) is 12.4. The highest BCUT2D eigenvalue weighted by Crippen LogP contribution is 2.32. The molecule has 2 nitrogen and oxygen atoms in total. The molecule has 0 radical (unpaired) electrons. The molecule has 2 unspecified atom stereocenters. The van der Waals surface area contributed by atoms with Gasteiger partial charge in [0.25, 0.3) is 0 Å². The van der Waals surface area contributed by atoms with E-state index in [4.69, 9.17) is 11.6 Å². The lowest BCUT2D eigenvalue weighted by Crippen LogP contribution is -2.36. The van der Waals surface area contributed by atoms with Crippen LogP contribution in [0.15, 0.2) is 24.3 Å². The molecule has 2 rings (SSSR count). The fourth-order valence-electron chi connectivity index (χ4n) is 2.49. The third-order valence-electron chi connectivity index (χ3n) is 3.62. The van der Waals surface area contributed by atoms with Crippen molar-refractivity contribution in [3.05, 3.63) is 34.9 Å². The maximum absolute atomic E-state index is 12.0. The molecule has 1 fully saturated rings. The predicted molar refractivity (Wildman–Crippen MR) is 70.5 cm³/mol. The molecule has 17 heavy (non-hydrogen) atoms. The van der Waals surface area contributed by atoms with Crippen molar-refractivity contribution in [1.82, 2.24) is 4.90 Å². The van der Waals surface area contributed by atoms with E-state index >= 15 is 0 Å². The first kappa shape index (κ1) is 12.6. The fraction of sp³-hybridized carbons (Fsp3) is 0.500. The van der Waals surface area contributed by atoms with E-state index in [1.165, 1.54) is 0 Å². The average Bonchev–Trinajstić information content (AvgIpc) is 2.31. The maximum atomic E-state index is 12.0. The van der Waals surface area contributed by atoms with Crippen molar-refractivity contribution >= 4 is 17.4 Å². The summed E-state index contributed by atoms with van der Waals surface area (Å²) in [5.41, 5.74) is 1.10. The Morgan fingerprint density at radius 2 is 1.88 bits per heavy atom. The number of hydrogen-bond donors (Lipinski definition) is 0. The van der Waals surface area contributed by atoms with Gasteiger partial charge in [-0.2, -0.15) is 0 Å². The van der Waals surface area contributed by atoms with Crippen molar-refractivity contribution in [1.29, 1.82) is 0 Å². The van der Waals surface area contributed by atoms with E-state index < -0.39 is 0 Å². The van der Waals surface area contributed by atoms with Crippen molar-refractivity contribution in [3.8, 4) is 0 Å². The van der Waals surface area contributed by atoms with Gasteiger partial charge in [0.15, 0.2) is 0 Å². The van der Waals surface area contributed by atoms with E-state index in [2.05, 4.69) is 19.0 Å². The number of halogens is 1. The molecule has 0 bridgehead atoms. The van der Waals surface area contributed by atoms with Crippen molar-refractivity contribution in [2.75, 3.05) is 14.1 Å². The predicted octanol–water partition coefficient (Wildman–Crippen LogP) is 3.11. The van der Waals surface area contributed by atoms with Crippen LogP contribution in [0.5, 0.6) is 0 Å². The van der Waals surface area contributed by atoms with Gasteiger partial charge in [0, 0.05) is 23.4 Å². The Labute approximate surface area is 108 Å². The Bertz CT molecular complexity index is 399. The summed E-state index contributed by atoms with van der Waals surface area (Å²) in [4.78, 5) is 14.2. The number of Topliss-reactive ketones (excluding diaryl/α,β-unsaturated/α-hetero) is 1.